The Morgan fingerprint density at radius 2 is 2.05 bits per heavy atom. The molecule has 0 bridgehead atoms. The summed E-state index contributed by atoms with van der Waals surface area (Å²) < 4.78 is 24.1. The van der Waals surface area contributed by atoms with Crippen molar-refractivity contribution in [3.05, 3.63) is 50.6 Å². The number of sulfone groups is 1. The minimum Gasteiger partial charge on any atom is -0.324 e. The van der Waals surface area contributed by atoms with Gasteiger partial charge in [0.15, 0.2) is 9.84 Å². The molecule has 1 aromatic carbocycles. The monoisotopic (exact) mass is 359 g/mol. The van der Waals surface area contributed by atoms with E-state index in [4.69, 9.17) is 5.73 Å². The molecule has 1 atom stereocenters. The lowest BCUT2D eigenvalue weighted by atomic mass is 10.0. The Morgan fingerprint density at radius 1 is 1.32 bits per heavy atom. The first-order valence-electron chi connectivity index (χ1n) is 5.66. The predicted molar refractivity (Wildman–Crippen MR) is 82.2 cm³/mol. The summed E-state index contributed by atoms with van der Waals surface area (Å²) in [4.78, 5) is 1.48. The minimum absolute atomic E-state index is 0.202. The second-order valence-electron chi connectivity index (χ2n) is 4.36. The molecule has 1 aromatic heterocycles. The van der Waals surface area contributed by atoms with Crippen LogP contribution >= 0.6 is 27.3 Å². The molecule has 0 fully saturated rings. The number of benzene rings is 1. The van der Waals surface area contributed by atoms with Crippen LogP contribution in [-0.4, -0.2) is 14.7 Å². The Labute approximate surface area is 125 Å². The molecule has 102 valence electrons. The summed E-state index contributed by atoms with van der Waals surface area (Å²) in [5.41, 5.74) is 6.99. The van der Waals surface area contributed by atoms with E-state index < -0.39 is 9.84 Å². The Balaban J connectivity index is 2.22. The fourth-order valence-corrected chi connectivity index (χ4v) is 3.99. The van der Waals surface area contributed by atoms with Gasteiger partial charge < -0.3 is 5.73 Å². The van der Waals surface area contributed by atoms with Crippen molar-refractivity contribution in [3.8, 4) is 0 Å². The van der Waals surface area contributed by atoms with E-state index in [1.165, 1.54) is 11.1 Å². The van der Waals surface area contributed by atoms with E-state index in [0.29, 0.717) is 11.3 Å². The van der Waals surface area contributed by atoms with E-state index in [0.717, 1.165) is 9.35 Å². The average Bonchev–Trinajstić information content (AvgIpc) is 2.74. The quantitative estimate of drug-likeness (QED) is 0.911. The maximum Gasteiger partial charge on any atom is 0.175 e. The standard InChI is InChI=1S/C13H14BrNO2S2/c1-19(16,17)11-4-2-3-9(7-11)12(15)8-10-5-6-13(14)18-10/h2-7,12H,8,15H2,1H3. The molecule has 6 heteroatoms. The molecule has 0 amide bonds. The third kappa shape index (κ3) is 3.89. The molecule has 0 radical (unpaired) electrons. The Hall–Kier alpha value is -0.690. The number of halogens is 1. The van der Waals surface area contributed by atoms with Gasteiger partial charge in [-0.05, 0) is 45.8 Å². The smallest absolute Gasteiger partial charge is 0.175 e. The van der Waals surface area contributed by atoms with Gasteiger partial charge in [0.1, 0.15) is 0 Å². The zero-order valence-corrected chi connectivity index (χ0v) is 13.6. The highest BCUT2D eigenvalue weighted by Crippen LogP contribution is 2.26. The van der Waals surface area contributed by atoms with E-state index in [9.17, 15) is 8.42 Å². The van der Waals surface area contributed by atoms with Crippen LogP contribution in [0.5, 0.6) is 0 Å². The lowest BCUT2D eigenvalue weighted by molar-refractivity contribution is 0.601. The number of hydrogen-bond acceptors (Lipinski definition) is 4. The van der Waals surface area contributed by atoms with Crippen LogP contribution in [0.25, 0.3) is 0 Å². The van der Waals surface area contributed by atoms with Crippen molar-refractivity contribution in [1.29, 1.82) is 0 Å². The van der Waals surface area contributed by atoms with Crippen molar-refractivity contribution >= 4 is 37.1 Å². The van der Waals surface area contributed by atoms with Gasteiger partial charge in [-0.25, -0.2) is 8.42 Å². The molecule has 0 saturated carbocycles. The molecule has 0 aliphatic heterocycles. The zero-order valence-electron chi connectivity index (χ0n) is 10.3. The first kappa shape index (κ1) is 14.7. The first-order chi connectivity index (χ1) is 8.86. The van der Waals surface area contributed by atoms with Crippen LogP contribution in [0.4, 0.5) is 0 Å². The maximum absolute atomic E-state index is 11.5. The van der Waals surface area contributed by atoms with Crippen LogP contribution in [-0.2, 0) is 16.3 Å². The van der Waals surface area contributed by atoms with Crippen LogP contribution in [0.1, 0.15) is 16.5 Å². The maximum atomic E-state index is 11.5. The molecule has 1 unspecified atom stereocenters. The first-order valence-corrected chi connectivity index (χ1v) is 9.16. The molecule has 2 aromatic rings. The van der Waals surface area contributed by atoms with Crippen molar-refractivity contribution in [2.45, 2.75) is 17.4 Å². The predicted octanol–water partition coefficient (Wildman–Crippen LogP) is 3.16. The van der Waals surface area contributed by atoms with Gasteiger partial charge >= 0.3 is 0 Å². The lowest BCUT2D eigenvalue weighted by Gasteiger charge is -2.12. The van der Waals surface area contributed by atoms with Crippen LogP contribution in [0.2, 0.25) is 0 Å². The van der Waals surface area contributed by atoms with E-state index in [2.05, 4.69) is 15.9 Å². The number of nitrogens with two attached hydrogens (primary N) is 1. The van der Waals surface area contributed by atoms with E-state index >= 15 is 0 Å². The molecule has 2 rings (SSSR count). The zero-order chi connectivity index (χ0) is 14.0. The lowest BCUT2D eigenvalue weighted by Crippen LogP contribution is -2.13. The molecule has 0 aliphatic rings. The van der Waals surface area contributed by atoms with Gasteiger partial charge in [-0.2, -0.15) is 0 Å². The van der Waals surface area contributed by atoms with Crippen LogP contribution in [0, 0.1) is 0 Å². The van der Waals surface area contributed by atoms with Gasteiger partial charge in [0.05, 0.1) is 8.68 Å². The summed E-state index contributed by atoms with van der Waals surface area (Å²) in [6, 6.07) is 10.6. The molecule has 3 nitrogen and oxygen atoms in total. The fraction of sp³-hybridized carbons (Fsp3) is 0.231. The minimum atomic E-state index is -3.19. The summed E-state index contributed by atoms with van der Waals surface area (Å²) in [5, 5.41) is 0. The Kier molecular flexibility index (Phi) is 4.45. The summed E-state index contributed by atoms with van der Waals surface area (Å²) in [7, 11) is -3.19. The molecule has 2 N–H and O–H groups in total. The summed E-state index contributed by atoms with van der Waals surface area (Å²) in [6.07, 6.45) is 1.90. The normalized spacial score (nSPS) is 13.4. The van der Waals surface area contributed by atoms with Crippen LogP contribution < -0.4 is 5.73 Å². The SMILES string of the molecule is CS(=O)(=O)c1cccc(C(N)Cc2ccc(Br)s2)c1. The van der Waals surface area contributed by atoms with E-state index in [1.807, 2.05) is 18.2 Å². The highest BCUT2D eigenvalue weighted by atomic mass is 79.9. The second kappa shape index (κ2) is 5.75. The van der Waals surface area contributed by atoms with Gasteiger partial charge in [-0.1, -0.05) is 12.1 Å². The van der Waals surface area contributed by atoms with E-state index in [-0.39, 0.29) is 6.04 Å². The Bertz CT molecular complexity index is 679. The Morgan fingerprint density at radius 3 is 2.63 bits per heavy atom. The molecular formula is C13H14BrNO2S2. The molecule has 0 aliphatic carbocycles. The van der Waals surface area contributed by atoms with Gasteiger partial charge in [-0.3, -0.25) is 0 Å². The number of rotatable bonds is 4. The second-order valence-corrected chi connectivity index (χ2v) is 8.92. The third-order valence-corrected chi connectivity index (χ3v) is 5.52. The van der Waals surface area contributed by atoms with Crippen LogP contribution in [0.3, 0.4) is 0 Å². The van der Waals surface area contributed by atoms with Gasteiger partial charge in [-0.15, -0.1) is 11.3 Å². The fourth-order valence-electron chi connectivity index (χ4n) is 1.77. The number of thiophene rings is 1. The van der Waals surface area contributed by atoms with Crippen molar-refractivity contribution in [3.63, 3.8) is 0 Å². The largest absolute Gasteiger partial charge is 0.324 e. The van der Waals surface area contributed by atoms with Gasteiger partial charge in [0.2, 0.25) is 0 Å². The summed E-state index contributed by atoms with van der Waals surface area (Å²) >= 11 is 5.05. The summed E-state index contributed by atoms with van der Waals surface area (Å²) in [5.74, 6) is 0. The van der Waals surface area contributed by atoms with Gasteiger partial charge in [0, 0.05) is 23.6 Å². The van der Waals surface area contributed by atoms with Crippen LogP contribution in [0.15, 0.2) is 45.1 Å². The van der Waals surface area contributed by atoms with Crippen molar-refractivity contribution in [2.75, 3.05) is 6.26 Å². The molecular weight excluding hydrogens is 346 g/mol. The highest BCUT2D eigenvalue weighted by molar-refractivity contribution is 9.11. The topological polar surface area (TPSA) is 60.2 Å². The summed E-state index contributed by atoms with van der Waals surface area (Å²) in [6.45, 7) is 0. The molecule has 19 heavy (non-hydrogen) atoms. The highest BCUT2D eigenvalue weighted by Gasteiger charge is 2.12. The van der Waals surface area contributed by atoms with Crippen molar-refractivity contribution in [2.24, 2.45) is 5.73 Å². The average molecular weight is 360 g/mol. The van der Waals surface area contributed by atoms with Crippen molar-refractivity contribution in [1.82, 2.24) is 0 Å². The molecule has 0 spiro atoms. The third-order valence-electron chi connectivity index (χ3n) is 2.76. The van der Waals surface area contributed by atoms with E-state index in [1.54, 1.807) is 29.5 Å². The number of hydrogen-bond donors (Lipinski definition) is 1. The molecule has 1 heterocycles. The van der Waals surface area contributed by atoms with Gasteiger partial charge in [0.25, 0.3) is 0 Å². The van der Waals surface area contributed by atoms with Crippen molar-refractivity contribution < 1.29 is 8.42 Å². The molecule has 0 saturated heterocycles.